The fraction of sp³-hybridized carbons (Fsp3) is 0.0833. The van der Waals surface area contributed by atoms with Gasteiger partial charge in [-0.2, -0.15) is 0 Å². The first kappa shape index (κ1) is 14.2. The number of carbonyl (C=O) groups is 3. The van der Waals surface area contributed by atoms with Gasteiger partial charge in [-0.25, -0.2) is 14.6 Å². The van der Waals surface area contributed by atoms with Crippen LogP contribution in [-0.2, 0) is 0 Å². The van der Waals surface area contributed by atoms with Gasteiger partial charge in [0.25, 0.3) is 5.91 Å². The fourth-order valence-electron chi connectivity index (χ4n) is 1.58. The number of aromatic carboxylic acids is 2. The summed E-state index contributed by atoms with van der Waals surface area (Å²) in [4.78, 5) is 37.6. The second-order valence-corrected chi connectivity index (χ2v) is 4.11. The van der Waals surface area contributed by atoms with Crippen LogP contribution in [-0.4, -0.2) is 43.2 Å². The molecule has 0 radical (unpaired) electrons. The molecule has 9 nitrogen and oxygen atoms in total. The number of nitrogens with zero attached hydrogens (tertiary/aromatic N) is 2. The van der Waals surface area contributed by atoms with Crippen LogP contribution >= 0.6 is 0 Å². The standard InChI is InChI=1S/C12H10N4O5/c1-5-13-9(16-15-5)10(17)14-8-3-6(11(18)19)2-7(4-8)12(20)21/h2-4H,1H3,(H,14,17)(H,18,19)(H,20,21)(H,13,15,16). The minimum absolute atomic E-state index is 0.0275. The molecule has 1 aromatic carbocycles. The first-order valence-electron chi connectivity index (χ1n) is 5.69. The number of aromatic amines is 1. The molecule has 1 heterocycles. The molecule has 1 aromatic heterocycles. The molecule has 0 spiro atoms. The van der Waals surface area contributed by atoms with Gasteiger partial charge in [-0.05, 0) is 25.1 Å². The third-order valence-electron chi connectivity index (χ3n) is 2.49. The van der Waals surface area contributed by atoms with Crippen LogP contribution in [0.2, 0.25) is 0 Å². The second-order valence-electron chi connectivity index (χ2n) is 4.11. The Bertz CT molecular complexity index is 705. The Kier molecular flexibility index (Phi) is 3.65. The molecule has 0 saturated heterocycles. The van der Waals surface area contributed by atoms with Gasteiger partial charge in [0, 0.05) is 5.69 Å². The van der Waals surface area contributed by atoms with E-state index in [1.807, 2.05) is 0 Å². The third-order valence-corrected chi connectivity index (χ3v) is 2.49. The van der Waals surface area contributed by atoms with Crippen molar-refractivity contribution in [3.63, 3.8) is 0 Å². The van der Waals surface area contributed by atoms with Crippen molar-refractivity contribution in [1.29, 1.82) is 0 Å². The lowest BCUT2D eigenvalue weighted by Gasteiger charge is -2.06. The van der Waals surface area contributed by atoms with E-state index in [4.69, 9.17) is 10.2 Å². The number of H-pyrrole nitrogens is 1. The van der Waals surface area contributed by atoms with Crippen LogP contribution in [0, 0.1) is 6.92 Å². The van der Waals surface area contributed by atoms with Crippen LogP contribution in [0.1, 0.15) is 37.2 Å². The fourth-order valence-corrected chi connectivity index (χ4v) is 1.58. The quantitative estimate of drug-likeness (QED) is 0.650. The van der Waals surface area contributed by atoms with Gasteiger partial charge in [0.1, 0.15) is 5.82 Å². The number of amides is 1. The van der Waals surface area contributed by atoms with Crippen molar-refractivity contribution in [2.45, 2.75) is 6.92 Å². The molecule has 0 fully saturated rings. The van der Waals surface area contributed by atoms with Crippen LogP contribution in [0.3, 0.4) is 0 Å². The molecular weight excluding hydrogens is 280 g/mol. The highest BCUT2D eigenvalue weighted by Gasteiger charge is 2.15. The summed E-state index contributed by atoms with van der Waals surface area (Å²) < 4.78 is 0. The number of benzene rings is 1. The lowest BCUT2D eigenvalue weighted by molar-refractivity contribution is 0.0696. The SMILES string of the molecule is Cc1nc(C(=O)Nc2cc(C(=O)O)cc(C(=O)O)c2)n[nH]1. The molecule has 9 heteroatoms. The number of hydrogen-bond acceptors (Lipinski definition) is 5. The Morgan fingerprint density at radius 1 is 1.10 bits per heavy atom. The van der Waals surface area contributed by atoms with E-state index in [1.165, 1.54) is 0 Å². The molecule has 0 unspecified atom stereocenters. The van der Waals surface area contributed by atoms with Crippen LogP contribution in [0.25, 0.3) is 0 Å². The zero-order chi connectivity index (χ0) is 15.6. The average Bonchev–Trinajstić information content (AvgIpc) is 2.85. The zero-order valence-corrected chi connectivity index (χ0v) is 10.7. The van der Waals surface area contributed by atoms with Gasteiger partial charge >= 0.3 is 11.9 Å². The van der Waals surface area contributed by atoms with E-state index < -0.39 is 17.8 Å². The third kappa shape index (κ3) is 3.21. The number of nitrogens with one attached hydrogen (secondary N) is 2. The molecule has 0 aliphatic heterocycles. The summed E-state index contributed by atoms with van der Waals surface area (Å²) in [5.74, 6) is -2.99. The number of carbonyl (C=O) groups excluding carboxylic acids is 1. The predicted octanol–water partition coefficient (Wildman–Crippen LogP) is 0.762. The molecule has 2 rings (SSSR count). The smallest absolute Gasteiger partial charge is 0.335 e. The number of carboxylic acids is 2. The van der Waals surface area contributed by atoms with Crippen LogP contribution in [0.5, 0.6) is 0 Å². The van der Waals surface area contributed by atoms with E-state index in [0.717, 1.165) is 18.2 Å². The minimum atomic E-state index is -1.30. The summed E-state index contributed by atoms with van der Waals surface area (Å²) in [7, 11) is 0. The number of rotatable bonds is 4. The zero-order valence-electron chi connectivity index (χ0n) is 10.7. The lowest BCUT2D eigenvalue weighted by Crippen LogP contribution is -2.15. The number of carboxylic acid groups (broad SMARTS) is 2. The normalized spacial score (nSPS) is 10.1. The molecule has 0 atom stereocenters. The van der Waals surface area contributed by atoms with Gasteiger partial charge in [-0.3, -0.25) is 9.89 Å². The summed E-state index contributed by atoms with van der Waals surface area (Å²) in [5, 5.41) is 26.4. The van der Waals surface area contributed by atoms with E-state index in [2.05, 4.69) is 20.5 Å². The van der Waals surface area contributed by atoms with Crippen molar-refractivity contribution in [1.82, 2.24) is 15.2 Å². The van der Waals surface area contributed by atoms with E-state index in [9.17, 15) is 14.4 Å². The Hall–Kier alpha value is -3.23. The van der Waals surface area contributed by atoms with E-state index in [1.54, 1.807) is 6.92 Å². The highest BCUT2D eigenvalue weighted by atomic mass is 16.4. The maximum Gasteiger partial charge on any atom is 0.335 e. The molecule has 0 aliphatic carbocycles. The van der Waals surface area contributed by atoms with Crippen molar-refractivity contribution in [3.05, 3.63) is 41.0 Å². The maximum absolute atomic E-state index is 11.8. The summed E-state index contributed by atoms with van der Waals surface area (Å²) in [6.07, 6.45) is 0. The maximum atomic E-state index is 11.8. The van der Waals surface area contributed by atoms with E-state index in [0.29, 0.717) is 5.82 Å². The Morgan fingerprint density at radius 3 is 2.10 bits per heavy atom. The lowest BCUT2D eigenvalue weighted by atomic mass is 10.1. The van der Waals surface area contributed by atoms with E-state index >= 15 is 0 Å². The first-order valence-corrected chi connectivity index (χ1v) is 5.69. The van der Waals surface area contributed by atoms with Crippen LogP contribution in [0.15, 0.2) is 18.2 Å². The second kappa shape index (κ2) is 5.41. The Labute approximate surface area is 117 Å². The highest BCUT2D eigenvalue weighted by molar-refractivity contribution is 6.03. The first-order chi connectivity index (χ1) is 9.86. The van der Waals surface area contributed by atoms with Crippen molar-refractivity contribution in [2.24, 2.45) is 0 Å². The van der Waals surface area contributed by atoms with Crippen LogP contribution in [0.4, 0.5) is 5.69 Å². The van der Waals surface area contributed by atoms with Crippen LogP contribution < -0.4 is 5.32 Å². The van der Waals surface area contributed by atoms with Gasteiger partial charge in [0.15, 0.2) is 0 Å². The largest absolute Gasteiger partial charge is 0.478 e. The summed E-state index contributed by atoms with van der Waals surface area (Å²) in [5.41, 5.74) is -0.479. The summed E-state index contributed by atoms with van der Waals surface area (Å²) in [6.45, 7) is 1.61. The summed E-state index contributed by atoms with van der Waals surface area (Å²) in [6, 6.07) is 3.29. The topological polar surface area (TPSA) is 145 Å². The monoisotopic (exact) mass is 290 g/mol. The van der Waals surface area contributed by atoms with Gasteiger partial charge in [-0.1, -0.05) is 0 Å². The highest BCUT2D eigenvalue weighted by Crippen LogP contribution is 2.16. The number of aromatic nitrogens is 3. The van der Waals surface area contributed by atoms with Gasteiger partial charge in [-0.15, -0.1) is 5.10 Å². The molecule has 4 N–H and O–H groups in total. The summed E-state index contributed by atoms with van der Waals surface area (Å²) >= 11 is 0. The van der Waals surface area contributed by atoms with E-state index in [-0.39, 0.29) is 22.6 Å². The number of anilines is 1. The van der Waals surface area contributed by atoms with Crippen molar-refractivity contribution in [2.75, 3.05) is 5.32 Å². The number of hydrogen-bond donors (Lipinski definition) is 4. The molecule has 0 bridgehead atoms. The van der Waals surface area contributed by atoms with Crippen molar-refractivity contribution in [3.8, 4) is 0 Å². The molecule has 0 aliphatic rings. The van der Waals surface area contributed by atoms with Gasteiger partial charge in [0.05, 0.1) is 11.1 Å². The van der Waals surface area contributed by atoms with Gasteiger partial charge < -0.3 is 15.5 Å². The number of aryl methyl sites for hydroxylation is 1. The molecule has 108 valence electrons. The van der Waals surface area contributed by atoms with Crippen molar-refractivity contribution < 1.29 is 24.6 Å². The Balaban J connectivity index is 2.32. The van der Waals surface area contributed by atoms with Crippen molar-refractivity contribution >= 4 is 23.5 Å². The average molecular weight is 290 g/mol. The Morgan fingerprint density at radius 2 is 1.67 bits per heavy atom. The predicted molar refractivity (Wildman–Crippen MR) is 69.4 cm³/mol. The molecule has 2 aromatic rings. The minimum Gasteiger partial charge on any atom is -0.478 e. The molecule has 1 amide bonds. The molecular formula is C12H10N4O5. The molecule has 0 saturated carbocycles. The molecule has 21 heavy (non-hydrogen) atoms. The van der Waals surface area contributed by atoms with Gasteiger partial charge in [0.2, 0.25) is 5.82 Å².